The molecule has 0 radical (unpaired) electrons. The Morgan fingerprint density at radius 1 is 1.12 bits per heavy atom. The molecule has 8 heteroatoms. The van der Waals surface area contributed by atoms with Crippen LogP contribution in [0.3, 0.4) is 0 Å². The predicted octanol–water partition coefficient (Wildman–Crippen LogP) is -11.9. The van der Waals surface area contributed by atoms with Gasteiger partial charge in [0.15, 0.2) is 0 Å². The number of rotatable bonds is 0. The van der Waals surface area contributed by atoms with Gasteiger partial charge in [0, 0.05) is 0 Å². The van der Waals surface area contributed by atoms with E-state index in [-0.39, 0.29) is 56.6 Å². The molecule has 0 rings (SSSR count). The molecule has 0 spiro atoms. The van der Waals surface area contributed by atoms with Gasteiger partial charge in [-0.1, -0.05) is 0 Å². The summed E-state index contributed by atoms with van der Waals surface area (Å²) in [6, 6.07) is 0. The summed E-state index contributed by atoms with van der Waals surface area (Å²) in [6.07, 6.45) is 0. The topological polar surface area (TPSA) is 63.2 Å². The van der Waals surface area contributed by atoms with Crippen molar-refractivity contribution < 1.29 is 68.5 Å². The van der Waals surface area contributed by atoms with Gasteiger partial charge in [0.05, 0.1) is 0 Å². The molecule has 0 unspecified atom stereocenters. The minimum Gasteiger partial charge on any atom is 1.00 e. The quantitative estimate of drug-likeness (QED) is 0.271. The molecule has 0 aliphatic heterocycles. The van der Waals surface area contributed by atoms with Gasteiger partial charge in [-0.05, 0) is 0 Å². The molecule has 0 aromatic carbocycles. The maximum atomic E-state index is 8.98. The summed E-state index contributed by atoms with van der Waals surface area (Å²) in [6.45, 7) is 0. The standard InChI is InChI=1S/AsH3O3S.3Li/c2-1(3,4)5;;;/h(H3,2,3,4,5);;;/q;3*+1/p-3. The van der Waals surface area contributed by atoms with Crippen molar-refractivity contribution in [2.75, 3.05) is 0 Å². The maximum absolute atomic E-state index is 8.98. The molecule has 0 aromatic rings. The molecule has 32 valence electrons. The SMILES string of the molecule is O=[As]([O-])([O-])[S-].[Li+].[Li+].[Li+]. The van der Waals surface area contributed by atoms with E-state index in [1.54, 1.807) is 0 Å². The normalized spacial score (nSPS) is 7.38. The first-order valence-electron chi connectivity index (χ1n) is 0.730. The van der Waals surface area contributed by atoms with Crippen LogP contribution < -0.4 is 64.8 Å². The summed E-state index contributed by atoms with van der Waals surface area (Å²) in [4.78, 5) is 0. The van der Waals surface area contributed by atoms with Crippen LogP contribution in [0, 0.1) is 0 Å². The molecule has 0 atom stereocenters. The molecule has 0 aromatic heterocycles. The average molecular weight is 176 g/mol. The zero-order valence-electron chi connectivity index (χ0n) is 5.08. The van der Waals surface area contributed by atoms with E-state index in [0.717, 1.165) is 0 Å². The number of hydrogen-bond acceptors (Lipinski definition) is 4. The summed E-state index contributed by atoms with van der Waals surface area (Å²) < 4.78 is 26.9. The van der Waals surface area contributed by atoms with E-state index in [0.29, 0.717) is 0 Å². The van der Waals surface area contributed by atoms with Crippen molar-refractivity contribution in [3.05, 3.63) is 0 Å². The van der Waals surface area contributed by atoms with E-state index >= 15 is 0 Å². The third-order valence-corrected chi connectivity index (χ3v) is 0. The second-order valence-electron chi connectivity index (χ2n) is 0.447. The molecule has 0 saturated carbocycles. The second kappa shape index (κ2) is 9.42. The zero-order chi connectivity index (χ0) is 4.50. The average Bonchev–Trinajstić information content (AvgIpc) is 0.722. The van der Waals surface area contributed by atoms with Crippen molar-refractivity contribution in [2.45, 2.75) is 0 Å². The summed E-state index contributed by atoms with van der Waals surface area (Å²) >= 11 is -5.04. The number of hydrogen-bond donors (Lipinski definition) is 0. The molecule has 0 N–H and O–H groups in total. The van der Waals surface area contributed by atoms with Crippen LogP contribution in [0.15, 0.2) is 0 Å². The van der Waals surface area contributed by atoms with Crippen LogP contribution in [-0.2, 0) is 14.6 Å². The van der Waals surface area contributed by atoms with Crippen LogP contribution in [0.1, 0.15) is 0 Å². The molecule has 0 amide bonds. The van der Waals surface area contributed by atoms with Crippen LogP contribution in [0.5, 0.6) is 0 Å². The van der Waals surface area contributed by atoms with Gasteiger partial charge in [-0.25, -0.2) is 0 Å². The Labute approximate surface area is 91.3 Å². The fourth-order valence-corrected chi connectivity index (χ4v) is 0. The largest absolute Gasteiger partial charge is 1.00 e. The van der Waals surface area contributed by atoms with Gasteiger partial charge >= 0.3 is 92.4 Å². The van der Waals surface area contributed by atoms with E-state index in [1.807, 2.05) is 0 Å². The molecule has 3 nitrogen and oxygen atoms in total. The Morgan fingerprint density at radius 3 is 1.12 bits per heavy atom. The molecular weight excluding hydrogens is 176 g/mol. The Bertz CT molecular complexity index is 60.7. The molecule has 0 fully saturated rings. The molecule has 0 saturated heterocycles. The smallest absolute Gasteiger partial charge is 1.00 e. The third-order valence-electron chi connectivity index (χ3n) is 0. The van der Waals surface area contributed by atoms with E-state index in [1.165, 1.54) is 0 Å². The van der Waals surface area contributed by atoms with Gasteiger partial charge in [0.25, 0.3) is 0 Å². The Balaban J connectivity index is -0.0000000267. The molecule has 0 heterocycles. The fourth-order valence-electron chi connectivity index (χ4n) is 0. The Kier molecular flexibility index (Phi) is 26.4. The first-order valence-corrected chi connectivity index (χ1v) is 5.69. The molecular formula is AsLi3O3S. The van der Waals surface area contributed by atoms with E-state index in [9.17, 15) is 0 Å². The van der Waals surface area contributed by atoms with Crippen LogP contribution in [-0.4, -0.2) is 13.0 Å². The fraction of sp³-hybridized carbons (Fsp3) is 0. The second-order valence-corrected chi connectivity index (χ2v) is 4.65. The van der Waals surface area contributed by atoms with Gasteiger partial charge in [-0.15, -0.1) is 0 Å². The maximum Gasteiger partial charge on any atom is 1.00 e. The van der Waals surface area contributed by atoms with Crippen LogP contribution in [0.2, 0.25) is 0 Å². The van der Waals surface area contributed by atoms with Gasteiger partial charge in [-0.3, -0.25) is 0 Å². The Morgan fingerprint density at radius 2 is 1.12 bits per heavy atom. The van der Waals surface area contributed by atoms with Crippen LogP contribution >= 0.6 is 0 Å². The van der Waals surface area contributed by atoms with Crippen molar-refractivity contribution >= 4 is 23.9 Å². The minimum atomic E-state index is -5.04. The summed E-state index contributed by atoms with van der Waals surface area (Å²) in [5.74, 6) is 0. The molecule has 0 aliphatic rings. The van der Waals surface area contributed by atoms with Crippen molar-refractivity contribution in [1.82, 2.24) is 0 Å². The molecule has 8 heavy (non-hydrogen) atoms. The first kappa shape index (κ1) is 22.4. The van der Waals surface area contributed by atoms with Crippen LogP contribution in [0.4, 0.5) is 0 Å². The van der Waals surface area contributed by atoms with Gasteiger partial charge in [-0.2, -0.15) is 0 Å². The minimum absolute atomic E-state index is 0. The van der Waals surface area contributed by atoms with Crippen molar-refractivity contribution in [2.24, 2.45) is 0 Å². The summed E-state index contributed by atoms with van der Waals surface area (Å²) in [5.41, 5.74) is 0. The zero-order valence-corrected chi connectivity index (χ0v) is 7.77. The Hall–Kier alpha value is 2.42. The van der Waals surface area contributed by atoms with E-state index in [4.69, 9.17) is 11.9 Å². The van der Waals surface area contributed by atoms with Gasteiger partial charge in [0.1, 0.15) is 0 Å². The van der Waals surface area contributed by atoms with Crippen LogP contribution in [0.25, 0.3) is 0 Å². The third kappa shape index (κ3) is 79.1. The van der Waals surface area contributed by atoms with Crippen molar-refractivity contribution in [3.8, 4) is 0 Å². The predicted molar refractivity (Wildman–Crippen MR) is 13.8 cm³/mol. The van der Waals surface area contributed by atoms with Gasteiger partial charge < -0.3 is 0 Å². The first-order chi connectivity index (χ1) is 2.00. The molecule has 0 bridgehead atoms. The summed E-state index contributed by atoms with van der Waals surface area (Å²) in [5, 5.41) is 0. The summed E-state index contributed by atoms with van der Waals surface area (Å²) in [7, 11) is 3.33. The van der Waals surface area contributed by atoms with Gasteiger partial charge in [0.2, 0.25) is 0 Å². The van der Waals surface area contributed by atoms with Crippen molar-refractivity contribution in [1.29, 1.82) is 0 Å². The van der Waals surface area contributed by atoms with Crippen molar-refractivity contribution in [3.63, 3.8) is 0 Å². The van der Waals surface area contributed by atoms with E-state index in [2.05, 4.69) is 10.9 Å². The monoisotopic (exact) mass is 176 g/mol. The van der Waals surface area contributed by atoms with E-state index < -0.39 is 13.0 Å². The molecule has 0 aliphatic carbocycles.